The lowest BCUT2D eigenvalue weighted by Gasteiger charge is -2.34. The van der Waals surface area contributed by atoms with Crippen molar-refractivity contribution in [1.29, 1.82) is 0 Å². The number of carbonyl (C=O) groups is 3. The quantitative estimate of drug-likeness (QED) is 0.351. The van der Waals surface area contributed by atoms with Gasteiger partial charge in [0.05, 0.1) is 30.4 Å². The van der Waals surface area contributed by atoms with Crippen molar-refractivity contribution in [2.24, 2.45) is 0 Å². The molecule has 9 heteroatoms. The van der Waals surface area contributed by atoms with Gasteiger partial charge in [-0.15, -0.1) is 0 Å². The molecular weight excluding hydrogens is 500 g/mol. The number of carbonyl (C=O) groups excluding carboxylic acids is 2. The lowest BCUT2D eigenvalue weighted by molar-refractivity contribution is -0.133. The number of rotatable bonds is 10. The number of amides is 2. The van der Waals surface area contributed by atoms with Gasteiger partial charge in [-0.3, -0.25) is 0 Å². The minimum Gasteiger partial charge on any atom is -0.478 e. The first kappa shape index (κ1) is 27.4. The van der Waals surface area contributed by atoms with E-state index in [0.717, 1.165) is 16.7 Å². The molecule has 0 heterocycles. The van der Waals surface area contributed by atoms with Crippen LogP contribution >= 0.6 is 0 Å². The summed E-state index contributed by atoms with van der Waals surface area (Å²) in [6, 6.07) is 26.1. The van der Waals surface area contributed by atoms with Gasteiger partial charge in [0.2, 0.25) is 0 Å². The summed E-state index contributed by atoms with van der Waals surface area (Å²) in [5.41, 5.74) is 2.45. The minimum atomic E-state index is -1.21. The number of aliphatic carboxylic acids is 1. The van der Waals surface area contributed by atoms with Crippen molar-refractivity contribution in [1.82, 2.24) is 10.6 Å². The van der Waals surface area contributed by atoms with Crippen LogP contribution in [0, 0.1) is 0 Å². The molecule has 0 aliphatic heterocycles. The maximum Gasteiger partial charge on any atom is 0.407 e. The second kappa shape index (κ2) is 13.8. The third-order valence-corrected chi connectivity index (χ3v) is 6.16. The van der Waals surface area contributed by atoms with Crippen molar-refractivity contribution in [2.45, 2.75) is 44.4 Å². The molecule has 2 amide bonds. The Hall–Kier alpha value is -4.63. The van der Waals surface area contributed by atoms with Gasteiger partial charge in [-0.2, -0.15) is 0 Å². The fraction of sp³-hybridized carbons (Fsp3) is 0.233. The van der Waals surface area contributed by atoms with E-state index in [1.807, 2.05) is 91.0 Å². The van der Waals surface area contributed by atoms with Crippen molar-refractivity contribution >= 4 is 18.2 Å². The molecule has 1 aliphatic carbocycles. The van der Waals surface area contributed by atoms with E-state index in [-0.39, 0.29) is 31.8 Å². The number of benzene rings is 3. The largest absolute Gasteiger partial charge is 0.478 e. The number of carboxylic acid groups (broad SMARTS) is 1. The number of alkyl carbamates (subject to hydrolysis) is 2. The maximum atomic E-state index is 12.7. The topological polar surface area (TPSA) is 123 Å². The lowest BCUT2D eigenvalue weighted by Crippen LogP contribution is -2.53. The van der Waals surface area contributed by atoms with Crippen LogP contribution in [0.1, 0.15) is 23.1 Å². The van der Waals surface area contributed by atoms with Crippen LogP contribution in [0.4, 0.5) is 9.59 Å². The molecular formula is C30H30N2O7. The normalized spacial score (nSPS) is 18.4. The number of hydrogen-bond acceptors (Lipinski definition) is 6. The third kappa shape index (κ3) is 8.44. The van der Waals surface area contributed by atoms with Crippen LogP contribution in [0.15, 0.2) is 103 Å². The Morgan fingerprint density at radius 3 is 1.64 bits per heavy atom. The Morgan fingerprint density at radius 1 is 0.692 bits per heavy atom. The first-order chi connectivity index (χ1) is 19.0. The molecule has 3 atom stereocenters. The van der Waals surface area contributed by atoms with Gasteiger partial charge in [0.25, 0.3) is 0 Å². The SMILES string of the molecule is O=C(N[C@H]1C[C@@H](NC(=O)OCc2ccccc2)[C@H](OCc2ccccc2)C=C1C(=O)O)OCc1ccccc1. The van der Waals surface area contributed by atoms with Crippen LogP contribution in [0.25, 0.3) is 0 Å². The highest BCUT2D eigenvalue weighted by molar-refractivity contribution is 5.89. The van der Waals surface area contributed by atoms with Gasteiger partial charge in [0.15, 0.2) is 0 Å². The van der Waals surface area contributed by atoms with Crippen molar-refractivity contribution in [3.63, 3.8) is 0 Å². The Labute approximate surface area is 226 Å². The molecule has 4 rings (SSSR count). The molecule has 0 radical (unpaired) electrons. The fourth-order valence-corrected chi connectivity index (χ4v) is 4.18. The van der Waals surface area contributed by atoms with Gasteiger partial charge in [0.1, 0.15) is 13.2 Å². The Balaban J connectivity index is 1.45. The molecule has 202 valence electrons. The standard InChI is InChI=1S/C30H30N2O7/c33-28(34)24-16-27(37-18-21-10-4-1-5-11-21)26(32-30(36)39-20-23-14-8-3-9-15-23)17-25(24)31-29(35)38-19-22-12-6-2-7-13-22/h1-16,25-27H,17-20H2,(H,31,35)(H,32,36)(H,33,34)/t25-,26+,27+/m0/s1. The van der Waals surface area contributed by atoms with Gasteiger partial charge in [-0.25, -0.2) is 14.4 Å². The average molecular weight is 531 g/mol. The van der Waals surface area contributed by atoms with Crippen LogP contribution in [-0.2, 0) is 38.8 Å². The smallest absolute Gasteiger partial charge is 0.407 e. The number of carboxylic acids is 1. The highest BCUT2D eigenvalue weighted by Gasteiger charge is 2.37. The molecule has 3 aromatic rings. The Morgan fingerprint density at radius 2 is 1.15 bits per heavy atom. The molecule has 0 saturated carbocycles. The summed E-state index contributed by atoms with van der Waals surface area (Å²) in [5, 5.41) is 15.3. The second-order valence-electron chi connectivity index (χ2n) is 9.00. The number of nitrogens with one attached hydrogen (secondary N) is 2. The number of ether oxygens (including phenoxy) is 3. The van der Waals surface area contributed by atoms with Gasteiger partial charge in [0, 0.05) is 0 Å². The predicted octanol–water partition coefficient (Wildman–Crippen LogP) is 4.58. The zero-order valence-electron chi connectivity index (χ0n) is 21.2. The van der Waals surface area contributed by atoms with E-state index in [1.165, 1.54) is 6.08 Å². The Kier molecular flexibility index (Phi) is 9.68. The molecule has 3 aromatic carbocycles. The van der Waals surface area contributed by atoms with Gasteiger partial charge < -0.3 is 30.0 Å². The second-order valence-corrected chi connectivity index (χ2v) is 9.00. The average Bonchev–Trinajstić information content (AvgIpc) is 2.96. The molecule has 0 saturated heterocycles. The first-order valence-corrected chi connectivity index (χ1v) is 12.5. The predicted molar refractivity (Wildman–Crippen MR) is 142 cm³/mol. The molecule has 0 spiro atoms. The molecule has 0 aromatic heterocycles. The van der Waals surface area contributed by atoms with Crippen LogP contribution < -0.4 is 10.6 Å². The van der Waals surface area contributed by atoms with Crippen LogP contribution in [0.2, 0.25) is 0 Å². The molecule has 0 unspecified atom stereocenters. The molecule has 9 nitrogen and oxygen atoms in total. The minimum absolute atomic E-state index is 0.0296. The van der Waals surface area contributed by atoms with E-state index in [9.17, 15) is 19.5 Å². The highest BCUT2D eigenvalue weighted by Crippen LogP contribution is 2.24. The van der Waals surface area contributed by atoms with E-state index in [0.29, 0.717) is 0 Å². The molecule has 39 heavy (non-hydrogen) atoms. The van der Waals surface area contributed by atoms with Crippen LogP contribution in [0.3, 0.4) is 0 Å². The van der Waals surface area contributed by atoms with E-state index >= 15 is 0 Å². The van der Waals surface area contributed by atoms with Crippen molar-refractivity contribution in [3.05, 3.63) is 119 Å². The zero-order valence-corrected chi connectivity index (χ0v) is 21.2. The van der Waals surface area contributed by atoms with Crippen LogP contribution in [-0.4, -0.2) is 41.4 Å². The summed E-state index contributed by atoms with van der Waals surface area (Å²) in [6.45, 7) is 0.295. The van der Waals surface area contributed by atoms with E-state index < -0.39 is 36.3 Å². The van der Waals surface area contributed by atoms with E-state index in [2.05, 4.69) is 10.6 Å². The van der Waals surface area contributed by atoms with E-state index in [1.54, 1.807) is 0 Å². The molecule has 0 fully saturated rings. The summed E-state index contributed by atoms with van der Waals surface area (Å²) in [5.74, 6) is -1.21. The molecule has 1 aliphatic rings. The summed E-state index contributed by atoms with van der Waals surface area (Å²) in [7, 11) is 0. The Bertz CT molecular complexity index is 1270. The number of hydrogen-bond donors (Lipinski definition) is 3. The van der Waals surface area contributed by atoms with Crippen molar-refractivity contribution in [3.8, 4) is 0 Å². The monoisotopic (exact) mass is 530 g/mol. The van der Waals surface area contributed by atoms with Gasteiger partial charge >= 0.3 is 18.2 Å². The highest BCUT2D eigenvalue weighted by atomic mass is 16.6. The van der Waals surface area contributed by atoms with Crippen molar-refractivity contribution in [2.75, 3.05) is 0 Å². The summed E-state index contributed by atoms with van der Waals surface area (Å²) >= 11 is 0. The van der Waals surface area contributed by atoms with Crippen molar-refractivity contribution < 1.29 is 33.7 Å². The molecule has 3 N–H and O–H groups in total. The molecule has 0 bridgehead atoms. The maximum absolute atomic E-state index is 12.7. The van der Waals surface area contributed by atoms with E-state index in [4.69, 9.17) is 14.2 Å². The van der Waals surface area contributed by atoms with Gasteiger partial charge in [-0.1, -0.05) is 91.0 Å². The third-order valence-electron chi connectivity index (χ3n) is 6.16. The summed E-state index contributed by atoms with van der Waals surface area (Å²) in [6.07, 6.45) is -0.767. The van der Waals surface area contributed by atoms with Gasteiger partial charge in [-0.05, 0) is 29.2 Å². The zero-order chi connectivity index (χ0) is 27.5. The fourth-order valence-electron chi connectivity index (χ4n) is 4.18. The van der Waals surface area contributed by atoms with Crippen LogP contribution in [0.5, 0.6) is 0 Å². The first-order valence-electron chi connectivity index (χ1n) is 12.5. The summed E-state index contributed by atoms with van der Waals surface area (Å²) < 4.78 is 16.7. The summed E-state index contributed by atoms with van der Waals surface area (Å²) in [4.78, 5) is 37.3. The lowest BCUT2D eigenvalue weighted by atomic mass is 9.88.